The van der Waals surface area contributed by atoms with Crippen molar-refractivity contribution in [3.63, 3.8) is 0 Å². The van der Waals surface area contributed by atoms with Gasteiger partial charge < -0.3 is 10.1 Å². The number of anilines is 1. The molecule has 1 atom stereocenters. The van der Waals surface area contributed by atoms with Gasteiger partial charge in [0.2, 0.25) is 0 Å². The maximum atomic E-state index is 12.4. The van der Waals surface area contributed by atoms with E-state index < -0.39 is 29.8 Å². The standard InChI is InChI=1S/C21H19ClN2O5/c1-12-7-8-14-15(11-12)21(28)24(20(14)27)10-9-18(25)29-13(2)19(26)23-17-6-4-3-5-16(17)22/h3-8,11,13H,9-10H2,1-2H3,(H,23,26). The van der Waals surface area contributed by atoms with Crippen LogP contribution in [0.2, 0.25) is 5.02 Å². The number of imide groups is 1. The van der Waals surface area contributed by atoms with E-state index in [1.54, 1.807) is 42.5 Å². The van der Waals surface area contributed by atoms with Crippen molar-refractivity contribution < 1.29 is 23.9 Å². The van der Waals surface area contributed by atoms with Gasteiger partial charge in [-0.2, -0.15) is 0 Å². The molecule has 1 N–H and O–H groups in total. The molecule has 7 nitrogen and oxygen atoms in total. The highest BCUT2D eigenvalue weighted by molar-refractivity contribution is 6.33. The van der Waals surface area contributed by atoms with Crippen molar-refractivity contribution in [1.82, 2.24) is 4.90 Å². The van der Waals surface area contributed by atoms with Crippen molar-refractivity contribution in [2.24, 2.45) is 0 Å². The van der Waals surface area contributed by atoms with Crippen molar-refractivity contribution in [3.05, 3.63) is 64.2 Å². The number of benzene rings is 2. The van der Waals surface area contributed by atoms with Crippen LogP contribution >= 0.6 is 11.6 Å². The monoisotopic (exact) mass is 414 g/mol. The van der Waals surface area contributed by atoms with Crippen molar-refractivity contribution in [1.29, 1.82) is 0 Å². The fourth-order valence-corrected chi connectivity index (χ4v) is 3.10. The van der Waals surface area contributed by atoms with E-state index in [0.29, 0.717) is 21.8 Å². The molecule has 0 bridgehead atoms. The fraction of sp³-hybridized carbons (Fsp3) is 0.238. The molecule has 3 rings (SSSR count). The minimum Gasteiger partial charge on any atom is -0.452 e. The van der Waals surface area contributed by atoms with Crippen molar-refractivity contribution in [3.8, 4) is 0 Å². The van der Waals surface area contributed by atoms with Gasteiger partial charge in [-0.15, -0.1) is 0 Å². The summed E-state index contributed by atoms with van der Waals surface area (Å²) in [6, 6.07) is 11.7. The smallest absolute Gasteiger partial charge is 0.308 e. The van der Waals surface area contributed by atoms with Gasteiger partial charge in [0.05, 0.1) is 28.3 Å². The molecule has 8 heteroatoms. The molecule has 0 saturated heterocycles. The largest absolute Gasteiger partial charge is 0.452 e. The first-order valence-corrected chi connectivity index (χ1v) is 9.37. The number of nitrogens with zero attached hydrogens (tertiary/aromatic N) is 1. The lowest BCUT2D eigenvalue weighted by molar-refractivity contribution is -0.153. The van der Waals surface area contributed by atoms with Gasteiger partial charge in [-0.25, -0.2) is 0 Å². The van der Waals surface area contributed by atoms with Gasteiger partial charge in [0, 0.05) is 6.54 Å². The Labute approximate surface area is 172 Å². The quantitative estimate of drug-likeness (QED) is 0.578. The van der Waals surface area contributed by atoms with E-state index >= 15 is 0 Å². The molecule has 150 valence electrons. The number of aryl methyl sites for hydroxylation is 1. The minimum absolute atomic E-state index is 0.122. The highest BCUT2D eigenvalue weighted by Gasteiger charge is 2.35. The third-order valence-corrected chi connectivity index (χ3v) is 4.80. The Balaban J connectivity index is 1.53. The van der Waals surface area contributed by atoms with Crippen LogP contribution in [0, 0.1) is 6.92 Å². The summed E-state index contributed by atoms with van der Waals surface area (Å²) in [6.45, 7) is 3.13. The average molecular weight is 415 g/mol. The lowest BCUT2D eigenvalue weighted by Crippen LogP contribution is -2.34. The minimum atomic E-state index is -1.07. The molecule has 0 radical (unpaired) electrons. The third-order valence-electron chi connectivity index (χ3n) is 4.47. The van der Waals surface area contributed by atoms with E-state index in [4.69, 9.17) is 16.3 Å². The Morgan fingerprint density at radius 3 is 2.52 bits per heavy atom. The Kier molecular flexibility index (Phi) is 5.98. The zero-order valence-electron chi connectivity index (χ0n) is 15.9. The molecular formula is C21H19ClN2O5. The summed E-state index contributed by atoms with van der Waals surface area (Å²) >= 11 is 5.98. The van der Waals surface area contributed by atoms with E-state index in [2.05, 4.69) is 5.32 Å². The van der Waals surface area contributed by atoms with Gasteiger partial charge in [-0.05, 0) is 38.1 Å². The zero-order valence-corrected chi connectivity index (χ0v) is 16.7. The number of fused-ring (bicyclic) bond motifs is 1. The van der Waals surface area contributed by atoms with E-state index in [9.17, 15) is 19.2 Å². The topological polar surface area (TPSA) is 92.8 Å². The number of carbonyl (C=O) groups excluding carboxylic acids is 4. The summed E-state index contributed by atoms with van der Waals surface area (Å²) < 4.78 is 5.11. The van der Waals surface area contributed by atoms with Gasteiger partial charge in [0.15, 0.2) is 6.10 Å². The number of ether oxygens (including phenoxy) is 1. The van der Waals surface area contributed by atoms with E-state index in [1.807, 2.05) is 6.92 Å². The van der Waals surface area contributed by atoms with Gasteiger partial charge in [0.1, 0.15) is 0 Å². The molecule has 1 aliphatic heterocycles. The summed E-state index contributed by atoms with van der Waals surface area (Å²) in [5, 5.41) is 2.94. The predicted molar refractivity (Wildman–Crippen MR) is 107 cm³/mol. The second-order valence-corrected chi connectivity index (χ2v) is 7.07. The SMILES string of the molecule is Cc1ccc2c(c1)C(=O)N(CCC(=O)OC(C)C(=O)Nc1ccccc1Cl)C2=O. The number of amides is 3. The molecule has 0 spiro atoms. The highest BCUT2D eigenvalue weighted by Crippen LogP contribution is 2.24. The van der Waals surface area contributed by atoms with Crippen molar-refractivity contribution in [2.45, 2.75) is 26.4 Å². The van der Waals surface area contributed by atoms with E-state index in [1.165, 1.54) is 6.92 Å². The molecule has 0 fully saturated rings. The van der Waals surface area contributed by atoms with Gasteiger partial charge in [-0.1, -0.05) is 35.4 Å². The first-order valence-electron chi connectivity index (χ1n) is 8.99. The second-order valence-electron chi connectivity index (χ2n) is 6.66. The molecule has 2 aromatic carbocycles. The molecular weight excluding hydrogens is 396 g/mol. The van der Waals surface area contributed by atoms with Gasteiger partial charge in [-0.3, -0.25) is 24.1 Å². The fourth-order valence-electron chi connectivity index (χ4n) is 2.92. The van der Waals surface area contributed by atoms with Crippen LogP contribution in [0.15, 0.2) is 42.5 Å². The first-order chi connectivity index (χ1) is 13.8. The molecule has 1 heterocycles. The third kappa shape index (κ3) is 4.46. The molecule has 0 aromatic heterocycles. The summed E-state index contributed by atoms with van der Waals surface area (Å²) in [5.41, 5.74) is 1.92. The van der Waals surface area contributed by atoms with Gasteiger partial charge >= 0.3 is 5.97 Å². The summed E-state index contributed by atoms with van der Waals surface area (Å²) in [7, 11) is 0. The molecule has 1 aliphatic rings. The van der Waals surface area contributed by atoms with Crippen LogP contribution in [-0.2, 0) is 14.3 Å². The Morgan fingerprint density at radius 2 is 1.79 bits per heavy atom. The lowest BCUT2D eigenvalue weighted by Gasteiger charge is -2.16. The van der Waals surface area contributed by atoms with Crippen LogP contribution in [-0.4, -0.2) is 41.2 Å². The maximum absolute atomic E-state index is 12.4. The lowest BCUT2D eigenvalue weighted by atomic mass is 10.1. The summed E-state index contributed by atoms with van der Waals surface area (Å²) in [5.74, 6) is -2.12. The Hall–Kier alpha value is -3.19. The normalized spacial score (nSPS) is 13.8. The van der Waals surface area contributed by atoms with E-state index in [0.717, 1.165) is 10.5 Å². The van der Waals surface area contributed by atoms with Crippen LogP contribution in [0.5, 0.6) is 0 Å². The number of para-hydroxylation sites is 1. The maximum Gasteiger partial charge on any atom is 0.308 e. The molecule has 0 aliphatic carbocycles. The van der Waals surface area contributed by atoms with Gasteiger partial charge in [0.25, 0.3) is 17.7 Å². The number of esters is 1. The number of hydrogen-bond donors (Lipinski definition) is 1. The van der Waals surface area contributed by atoms with Crippen LogP contribution < -0.4 is 5.32 Å². The number of rotatable bonds is 6. The highest BCUT2D eigenvalue weighted by atomic mass is 35.5. The first kappa shape index (κ1) is 20.5. The molecule has 1 unspecified atom stereocenters. The molecule has 2 aromatic rings. The van der Waals surface area contributed by atoms with Crippen LogP contribution in [0.25, 0.3) is 0 Å². The van der Waals surface area contributed by atoms with Crippen LogP contribution in [0.4, 0.5) is 5.69 Å². The molecule has 0 saturated carbocycles. The Bertz CT molecular complexity index is 1000. The number of halogens is 1. The molecule has 3 amide bonds. The van der Waals surface area contributed by atoms with Crippen LogP contribution in [0.1, 0.15) is 39.6 Å². The summed E-state index contributed by atoms with van der Waals surface area (Å²) in [4.78, 5) is 50.1. The number of carbonyl (C=O) groups is 4. The van der Waals surface area contributed by atoms with E-state index in [-0.39, 0.29) is 13.0 Å². The number of hydrogen-bond acceptors (Lipinski definition) is 5. The van der Waals surface area contributed by atoms with Crippen molar-refractivity contribution in [2.75, 3.05) is 11.9 Å². The second kappa shape index (κ2) is 8.45. The average Bonchev–Trinajstić information content (AvgIpc) is 2.91. The Morgan fingerprint density at radius 1 is 1.10 bits per heavy atom. The summed E-state index contributed by atoms with van der Waals surface area (Å²) in [6.07, 6.45) is -1.28. The molecule has 29 heavy (non-hydrogen) atoms. The number of nitrogens with one attached hydrogen (secondary N) is 1. The van der Waals surface area contributed by atoms with Crippen molar-refractivity contribution >= 4 is 41.0 Å². The predicted octanol–water partition coefficient (Wildman–Crippen LogP) is 3.20. The van der Waals surface area contributed by atoms with Crippen LogP contribution in [0.3, 0.4) is 0 Å². The zero-order chi connectivity index (χ0) is 21.1.